The Morgan fingerprint density at radius 1 is 1.35 bits per heavy atom. The largest absolute Gasteiger partial charge is 0.493 e. The number of ether oxygens (including phenoxy) is 1. The molecular formula is C14H19ClO2. The second-order valence-corrected chi connectivity index (χ2v) is 5.20. The van der Waals surface area contributed by atoms with Gasteiger partial charge in [0.15, 0.2) is 0 Å². The number of benzene rings is 1. The minimum Gasteiger partial charge on any atom is -0.493 e. The van der Waals surface area contributed by atoms with Crippen molar-refractivity contribution in [2.75, 3.05) is 13.2 Å². The quantitative estimate of drug-likeness (QED) is 0.819. The van der Waals surface area contributed by atoms with E-state index in [1.165, 1.54) is 12.8 Å². The standard InChI is InChI=1S/C14H19ClO2/c15-14-6-2-4-12(14)10-17-13-5-1-3-11(9-13)7-8-16/h1,3,5,9,12,14,16H,2,4,6-8,10H2/t12-,14?/m0/s1. The predicted octanol–water partition coefficient (Wildman–Crippen LogP) is 3.01. The summed E-state index contributed by atoms with van der Waals surface area (Å²) >= 11 is 6.21. The van der Waals surface area contributed by atoms with Crippen LogP contribution in [0.4, 0.5) is 0 Å². The molecular weight excluding hydrogens is 236 g/mol. The highest BCUT2D eigenvalue weighted by molar-refractivity contribution is 6.20. The molecule has 17 heavy (non-hydrogen) atoms. The number of aliphatic hydroxyl groups is 1. The van der Waals surface area contributed by atoms with Gasteiger partial charge in [0.25, 0.3) is 0 Å². The van der Waals surface area contributed by atoms with Crippen molar-refractivity contribution in [2.24, 2.45) is 5.92 Å². The van der Waals surface area contributed by atoms with E-state index in [-0.39, 0.29) is 12.0 Å². The van der Waals surface area contributed by atoms with E-state index >= 15 is 0 Å². The zero-order chi connectivity index (χ0) is 12.1. The Morgan fingerprint density at radius 3 is 2.94 bits per heavy atom. The number of aliphatic hydroxyl groups excluding tert-OH is 1. The van der Waals surface area contributed by atoms with Gasteiger partial charge < -0.3 is 9.84 Å². The molecule has 1 aliphatic carbocycles. The molecule has 0 saturated heterocycles. The highest BCUT2D eigenvalue weighted by atomic mass is 35.5. The van der Waals surface area contributed by atoms with Gasteiger partial charge in [-0.05, 0) is 37.0 Å². The minimum atomic E-state index is 0.176. The van der Waals surface area contributed by atoms with Crippen molar-refractivity contribution in [1.29, 1.82) is 0 Å². The van der Waals surface area contributed by atoms with Crippen LogP contribution in [0.1, 0.15) is 24.8 Å². The molecule has 1 aliphatic rings. The highest BCUT2D eigenvalue weighted by Crippen LogP contribution is 2.30. The lowest BCUT2D eigenvalue weighted by molar-refractivity contribution is 0.253. The highest BCUT2D eigenvalue weighted by Gasteiger charge is 2.25. The summed E-state index contributed by atoms with van der Waals surface area (Å²) in [6, 6.07) is 7.92. The maximum absolute atomic E-state index is 8.89. The molecule has 0 aromatic heterocycles. The van der Waals surface area contributed by atoms with Gasteiger partial charge in [-0.3, -0.25) is 0 Å². The van der Waals surface area contributed by atoms with Crippen LogP contribution in [-0.2, 0) is 6.42 Å². The van der Waals surface area contributed by atoms with E-state index in [1.54, 1.807) is 0 Å². The number of alkyl halides is 1. The zero-order valence-electron chi connectivity index (χ0n) is 9.94. The zero-order valence-corrected chi connectivity index (χ0v) is 10.7. The van der Waals surface area contributed by atoms with Crippen LogP contribution in [0.2, 0.25) is 0 Å². The lowest BCUT2D eigenvalue weighted by atomic mass is 10.1. The number of rotatable bonds is 5. The molecule has 94 valence electrons. The smallest absolute Gasteiger partial charge is 0.119 e. The molecule has 0 bridgehead atoms. The van der Waals surface area contributed by atoms with Crippen LogP contribution in [-0.4, -0.2) is 23.7 Å². The summed E-state index contributed by atoms with van der Waals surface area (Å²) in [7, 11) is 0. The van der Waals surface area contributed by atoms with E-state index < -0.39 is 0 Å². The fourth-order valence-electron chi connectivity index (χ4n) is 2.30. The van der Waals surface area contributed by atoms with Crippen LogP contribution in [0, 0.1) is 5.92 Å². The first kappa shape index (κ1) is 12.7. The number of halogens is 1. The number of hydrogen-bond acceptors (Lipinski definition) is 2. The third-order valence-corrected chi connectivity index (χ3v) is 3.90. The Balaban J connectivity index is 1.87. The monoisotopic (exact) mass is 254 g/mol. The van der Waals surface area contributed by atoms with Crippen LogP contribution in [0.25, 0.3) is 0 Å². The lowest BCUT2D eigenvalue weighted by Gasteiger charge is -2.15. The molecule has 1 N–H and O–H groups in total. The van der Waals surface area contributed by atoms with E-state index in [2.05, 4.69) is 0 Å². The molecule has 1 fully saturated rings. The summed E-state index contributed by atoms with van der Waals surface area (Å²) in [4.78, 5) is 0. The summed E-state index contributed by atoms with van der Waals surface area (Å²) in [5.74, 6) is 1.37. The van der Waals surface area contributed by atoms with Crippen LogP contribution in [0.15, 0.2) is 24.3 Å². The average Bonchev–Trinajstić information content (AvgIpc) is 2.73. The van der Waals surface area contributed by atoms with Gasteiger partial charge in [-0.15, -0.1) is 11.6 Å². The Labute approximate surface area is 108 Å². The molecule has 0 aliphatic heterocycles. The summed E-state index contributed by atoms with van der Waals surface area (Å²) in [6.45, 7) is 0.882. The van der Waals surface area contributed by atoms with Gasteiger partial charge in [0.05, 0.1) is 6.61 Å². The molecule has 0 spiro atoms. The van der Waals surface area contributed by atoms with E-state index in [4.69, 9.17) is 21.4 Å². The maximum atomic E-state index is 8.89. The van der Waals surface area contributed by atoms with E-state index in [1.807, 2.05) is 24.3 Å². The number of hydrogen-bond donors (Lipinski definition) is 1. The summed E-state index contributed by atoms with van der Waals surface area (Å²) in [6.07, 6.45) is 4.18. The van der Waals surface area contributed by atoms with E-state index in [0.29, 0.717) is 18.9 Å². The van der Waals surface area contributed by atoms with Crippen LogP contribution >= 0.6 is 11.6 Å². The molecule has 1 unspecified atom stereocenters. The third-order valence-electron chi connectivity index (χ3n) is 3.33. The van der Waals surface area contributed by atoms with Gasteiger partial charge in [-0.2, -0.15) is 0 Å². The van der Waals surface area contributed by atoms with Crippen molar-refractivity contribution >= 4 is 11.6 Å². The van der Waals surface area contributed by atoms with E-state index in [9.17, 15) is 0 Å². The third kappa shape index (κ3) is 3.62. The molecule has 3 heteroatoms. The summed E-state index contributed by atoms with van der Waals surface area (Å²) in [5.41, 5.74) is 1.11. The van der Waals surface area contributed by atoms with Crippen molar-refractivity contribution in [3.63, 3.8) is 0 Å². The normalized spacial score (nSPS) is 23.9. The molecule has 0 heterocycles. The Hall–Kier alpha value is -0.730. The molecule has 1 aromatic carbocycles. The maximum Gasteiger partial charge on any atom is 0.119 e. The fourth-order valence-corrected chi connectivity index (χ4v) is 2.66. The van der Waals surface area contributed by atoms with Gasteiger partial charge >= 0.3 is 0 Å². The Morgan fingerprint density at radius 2 is 2.24 bits per heavy atom. The van der Waals surface area contributed by atoms with Crippen molar-refractivity contribution in [3.8, 4) is 5.75 Å². The molecule has 0 radical (unpaired) electrons. The second kappa shape index (κ2) is 6.27. The van der Waals surface area contributed by atoms with Crippen LogP contribution < -0.4 is 4.74 Å². The molecule has 0 amide bonds. The van der Waals surface area contributed by atoms with Crippen molar-refractivity contribution in [1.82, 2.24) is 0 Å². The summed E-state index contributed by atoms with van der Waals surface area (Å²) < 4.78 is 5.78. The van der Waals surface area contributed by atoms with Crippen molar-refractivity contribution in [3.05, 3.63) is 29.8 Å². The predicted molar refractivity (Wildman–Crippen MR) is 69.7 cm³/mol. The van der Waals surface area contributed by atoms with Gasteiger partial charge in [0, 0.05) is 17.9 Å². The molecule has 1 aromatic rings. The van der Waals surface area contributed by atoms with Gasteiger partial charge in [-0.25, -0.2) is 0 Å². The van der Waals surface area contributed by atoms with Gasteiger partial charge in [-0.1, -0.05) is 18.6 Å². The van der Waals surface area contributed by atoms with Crippen molar-refractivity contribution < 1.29 is 9.84 Å². The topological polar surface area (TPSA) is 29.5 Å². The average molecular weight is 255 g/mol. The van der Waals surface area contributed by atoms with Crippen LogP contribution in [0.5, 0.6) is 5.75 Å². The first-order valence-corrected chi connectivity index (χ1v) is 6.70. The molecule has 2 rings (SSSR count). The molecule has 2 nitrogen and oxygen atoms in total. The van der Waals surface area contributed by atoms with Gasteiger partial charge in [0.2, 0.25) is 0 Å². The minimum absolute atomic E-state index is 0.176. The second-order valence-electron chi connectivity index (χ2n) is 4.64. The Bertz CT molecular complexity index is 354. The first-order valence-electron chi connectivity index (χ1n) is 6.26. The SMILES string of the molecule is OCCc1cccc(OC[C@@H]2CCCC2Cl)c1. The lowest BCUT2D eigenvalue weighted by Crippen LogP contribution is -2.16. The molecule has 1 saturated carbocycles. The van der Waals surface area contributed by atoms with Gasteiger partial charge in [0.1, 0.15) is 5.75 Å². The Kier molecular flexibility index (Phi) is 4.69. The van der Waals surface area contributed by atoms with Crippen molar-refractivity contribution in [2.45, 2.75) is 31.1 Å². The van der Waals surface area contributed by atoms with Crippen LogP contribution in [0.3, 0.4) is 0 Å². The summed E-state index contributed by atoms with van der Waals surface area (Å²) in [5, 5.41) is 9.16. The molecule has 2 atom stereocenters. The first-order chi connectivity index (χ1) is 8.29. The fraction of sp³-hybridized carbons (Fsp3) is 0.571. The van der Waals surface area contributed by atoms with E-state index in [0.717, 1.165) is 17.7 Å².